The van der Waals surface area contributed by atoms with E-state index in [1.54, 1.807) is 18.6 Å². The summed E-state index contributed by atoms with van der Waals surface area (Å²) in [7, 11) is 0. The fraction of sp³-hybridized carbons (Fsp3) is 0.450. The zero-order valence-electron chi connectivity index (χ0n) is 16.0. The van der Waals surface area contributed by atoms with Crippen molar-refractivity contribution >= 4 is 5.65 Å². The van der Waals surface area contributed by atoms with Crippen molar-refractivity contribution in [2.45, 2.75) is 50.7 Å². The highest BCUT2D eigenvalue weighted by Crippen LogP contribution is 2.51. The van der Waals surface area contributed by atoms with Gasteiger partial charge in [-0.05, 0) is 44.4 Å². The van der Waals surface area contributed by atoms with E-state index in [9.17, 15) is 5.11 Å². The lowest BCUT2D eigenvalue weighted by atomic mass is 9.99. The number of nitrogens with zero attached hydrogens (tertiary/aromatic N) is 7. The Labute approximate surface area is 162 Å². The van der Waals surface area contributed by atoms with Crippen molar-refractivity contribution in [3.05, 3.63) is 59.8 Å². The van der Waals surface area contributed by atoms with Crippen LogP contribution in [0.15, 0.2) is 42.6 Å². The summed E-state index contributed by atoms with van der Waals surface area (Å²) >= 11 is 0. The van der Waals surface area contributed by atoms with E-state index in [0.29, 0.717) is 23.9 Å². The van der Waals surface area contributed by atoms with Crippen LogP contribution < -0.4 is 0 Å². The minimum Gasteiger partial charge on any atom is -0.386 e. The largest absolute Gasteiger partial charge is 0.386 e. The molecule has 0 saturated heterocycles. The molecule has 5 rings (SSSR count). The van der Waals surface area contributed by atoms with Crippen LogP contribution in [-0.4, -0.2) is 39.9 Å². The highest BCUT2D eigenvalue weighted by atomic mass is 16.3. The van der Waals surface area contributed by atoms with Gasteiger partial charge in [-0.25, -0.2) is 0 Å². The van der Waals surface area contributed by atoms with Gasteiger partial charge in [-0.3, -0.25) is 4.40 Å². The quantitative estimate of drug-likeness (QED) is 0.732. The van der Waals surface area contributed by atoms with Crippen LogP contribution in [0.5, 0.6) is 0 Å². The molecular weight excluding hydrogens is 354 g/mol. The first kappa shape index (κ1) is 17.2. The highest BCUT2D eigenvalue weighted by Gasteiger charge is 2.53. The molecule has 28 heavy (non-hydrogen) atoms. The lowest BCUT2D eigenvalue weighted by Gasteiger charge is -2.18. The van der Waals surface area contributed by atoms with Crippen molar-refractivity contribution in [1.29, 1.82) is 0 Å². The van der Waals surface area contributed by atoms with Crippen LogP contribution in [0.25, 0.3) is 5.65 Å². The fourth-order valence-electron chi connectivity index (χ4n) is 3.88. The molecule has 1 fully saturated rings. The first-order valence-electron chi connectivity index (χ1n) is 9.66. The Morgan fingerprint density at radius 3 is 2.79 bits per heavy atom. The second kappa shape index (κ2) is 6.07. The van der Waals surface area contributed by atoms with Crippen LogP contribution in [0.1, 0.15) is 50.3 Å². The van der Waals surface area contributed by atoms with E-state index in [4.69, 9.17) is 0 Å². The molecule has 1 saturated carbocycles. The lowest BCUT2D eigenvalue weighted by Crippen LogP contribution is -2.19. The van der Waals surface area contributed by atoms with Crippen molar-refractivity contribution in [2.24, 2.45) is 5.92 Å². The van der Waals surface area contributed by atoms with E-state index in [1.807, 2.05) is 22.7 Å². The minimum absolute atomic E-state index is 0.349. The molecule has 0 amide bonds. The molecule has 8 nitrogen and oxygen atoms in total. The standard InChI is InChI=1S/C20H23N7O/c1-19(2,28)15-9-6-12-26-16(15)21-23-18(26)20(10-11-20)17-22-25-27(24-17)13-14-7-4-3-5-8-14/h3-7,9,12,14,28H,8,10-11,13H2,1-2H3. The smallest absolute Gasteiger partial charge is 0.188 e. The second-order valence-electron chi connectivity index (χ2n) is 8.26. The van der Waals surface area contributed by atoms with E-state index in [2.05, 4.69) is 49.9 Å². The lowest BCUT2D eigenvalue weighted by molar-refractivity contribution is 0.0796. The summed E-state index contributed by atoms with van der Waals surface area (Å²) < 4.78 is 1.95. The number of rotatable bonds is 5. The summed E-state index contributed by atoms with van der Waals surface area (Å²) in [6.07, 6.45) is 13.2. The van der Waals surface area contributed by atoms with Gasteiger partial charge in [0.1, 0.15) is 0 Å². The summed E-state index contributed by atoms with van der Waals surface area (Å²) in [5, 5.41) is 32.6. The maximum atomic E-state index is 10.5. The first-order chi connectivity index (χ1) is 13.5. The highest BCUT2D eigenvalue weighted by molar-refractivity contribution is 5.52. The van der Waals surface area contributed by atoms with Crippen molar-refractivity contribution < 1.29 is 5.11 Å². The van der Waals surface area contributed by atoms with Crippen LogP contribution >= 0.6 is 0 Å². The Morgan fingerprint density at radius 2 is 2.07 bits per heavy atom. The molecule has 2 aliphatic carbocycles. The summed E-state index contributed by atoms with van der Waals surface area (Å²) in [6.45, 7) is 4.23. The molecule has 0 spiro atoms. The molecular formula is C20H23N7O. The number of aromatic nitrogens is 7. The van der Waals surface area contributed by atoms with Crippen molar-refractivity contribution in [3.63, 3.8) is 0 Å². The molecule has 3 aromatic heterocycles. The number of fused-ring (bicyclic) bond motifs is 1. The van der Waals surface area contributed by atoms with E-state index >= 15 is 0 Å². The average Bonchev–Trinajstić information content (AvgIpc) is 3.13. The van der Waals surface area contributed by atoms with Crippen LogP contribution in [0, 0.1) is 5.92 Å². The van der Waals surface area contributed by atoms with Crippen LogP contribution in [0.3, 0.4) is 0 Å². The SMILES string of the molecule is CC(C)(O)c1cccn2c(C3(c4nnn(CC5C=CC=CC5)n4)CC3)nnc12. The van der Waals surface area contributed by atoms with Gasteiger partial charge in [-0.15, -0.1) is 20.4 Å². The van der Waals surface area contributed by atoms with Crippen LogP contribution in [-0.2, 0) is 17.6 Å². The third-order valence-corrected chi connectivity index (χ3v) is 5.62. The van der Waals surface area contributed by atoms with Gasteiger partial charge in [0.25, 0.3) is 0 Å². The topological polar surface area (TPSA) is 94.0 Å². The predicted molar refractivity (Wildman–Crippen MR) is 102 cm³/mol. The second-order valence-corrected chi connectivity index (χ2v) is 8.26. The zero-order valence-corrected chi connectivity index (χ0v) is 16.0. The fourth-order valence-corrected chi connectivity index (χ4v) is 3.88. The summed E-state index contributed by atoms with van der Waals surface area (Å²) in [6, 6.07) is 3.80. The summed E-state index contributed by atoms with van der Waals surface area (Å²) in [4.78, 5) is 1.69. The molecule has 0 aliphatic heterocycles. The van der Waals surface area contributed by atoms with Gasteiger partial charge in [0.15, 0.2) is 17.3 Å². The first-order valence-corrected chi connectivity index (χ1v) is 9.66. The normalized spacial score (nSPS) is 20.8. The van der Waals surface area contributed by atoms with Crippen LogP contribution in [0.4, 0.5) is 0 Å². The molecule has 3 aromatic rings. The molecule has 1 atom stereocenters. The number of aliphatic hydroxyl groups is 1. The number of hydrogen-bond acceptors (Lipinski definition) is 6. The van der Waals surface area contributed by atoms with Crippen LogP contribution in [0.2, 0.25) is 0 Å². The van der Waals surface area contributed by atoms with Gasteiger partial charge in [-0.1, -0.05) is 30.4 Å². The predicted octanol–water partition coefficient (Wildman–Crippen LogP) is 2.16. The van der Waals surface area contributed by atoms with Gasteiger partial charge in [-0.2, -0.15) is 4.80 Å². The minimum atomic E-state index is -0.993. The van der Waals surface area contributed by atoms with Gasteiger partial charge >= 0.3 is 0 Å². The maximum Gasteiger partial charge on any atom is 0.188 e. The average molecular weight is 377 g/mol. The maximum absolute atomic E-state index is 10.5. The third kappa shape index (κ3) is 2.75. The van der Waals surface area contributed by atoms with E-state index < -0.39 is 5.60 Å². The Hall–Kier alpha value is -2.87. The third-order valence-electron chi connectivity index (χ3n) is 5.62. The van der Waals surface area contributed by atoms with Crippen molar-refractivity contribution in [2.75, 3.05) is 0 Å². The van der Waals surface area contributed by atoms with E-state index in [1.165, 1.54) is 0 Å². The number of tetrazole rings is 1. The molecule has 144 valence electrons. The van der Waals surface area contributed by atoms with Gasteiger partial charge in [0.2, 0.25) is 0 Å². The summed E-state index contributed by atoms with van der Waals surface area (Å²) in [5.74, 6) is 1.91. The van der Waals surface area contributed by atoms with Crippen molar-refractivity contribution in [3.8, 4) is 0 Å². The Morgan fingerprint density at radius 1 is 1.21 bits per heavy atom. The molecule has 0 aromatic carbocycles. The molecule has 0 bridgehead atoms. The Kier molecular flexibility index (Phi) is 3.74. The van der Waals surface area contributed by atoms with Crippen molar-refractivity contribution in [1.82, 2.24) is 34.8 Å². The molecule has 1 unspecified atom stereocenters. The summed E-state index contributed by atoms with van der Waals surface area (Å²) in [5.41, 5.74) is 0.0755. The number of allylic oxidation sites excluding steroid dienone is 4. The Balaban J connectivity index is 1.49. The molecule has 1 N–H and O–H groups in total. The molecule has 3 heterocycles. The number of pyridine rings is 1. The monoisotopic (exact) mass is 377 g/mol. The van der Waals surface area contributed by atoms with E-state index in [-0.39, 0.29) is 5.41 Å². The zero-order chi connectivity index (χ0) is 19.4. The molecule has 2 aliphatic rings. The Bertz CT molecular complexity index is 1080. The number of hydrogen-bond donors (Lipinski definition) is 1. The van der Waals surface area contributed by atoms with Gasteiger partial charge in [0, 0.05) is 17.7 Å². The van der Waals surface area contributed by atoms with E-state index in [0.717, 1.165) is 30.7 Å². The molecule has 0 radical (unpaired) electrons. The van der Waals surface area contributed by atoms with Gasteiger partial charge < -0.3 is 5.11 Å². The molecule has 8 heteroatoms. The van der Waals surface area contributed by atoms with Gasteiger partial charge in [0.05, 0.1) is 17.6 Å².